The maximum Gasteiger partial charge on any atom is 0.254 e. The number of nitrogens with zero attached hydrogens (tertiary/aromatic N) is 1. The topological polar surface area (TPSA) is 94.2 Å². The molecule has 1 N–H and O–H groups in total. The molecule has 8 nitrogen and oxygen atoms in total. The van der Waals surface area contributed by atoms with Gasteiger partial charge in [0.2, 0.25) is 15.8 Å². The van der Waals surface area contributed by atoms with Gasteiger partial charge < -0.3 is 19.1 Å². The number of ether oxygens (including phenoxy) is 3. The number of amides is 1. The fraction of sp³-hybridized carbons (Fsp3) is 0.611. The molecular formula is C18H26N2O6S. The van der Waals surface area contributed by atoms with Crippen LogP contribution in [0.25, 0.3) is 0 Å². The van der Waals surface area contributed by atoms with Crippen molar-refractivity contribution in [1.29, 1.82) is 0 Å². The number of rotatable bonds is 6. The summed E-state index contributed by atoms with van der Waals surface area (Å²) in [7, 11) is -1.72. The maximum atomic E-state index is 12.9. The minimum absolute atomic E-state index is 0.125. The summed E-state index contributed by atoms with van der Waals surface area (Å²) in [6, 6.07) is 3.21. The summed E-state index contributed by atoms with van der Waals surface area (Å²) >= 11 is 0. The van der Waals surface area contributed by atoms with Gasteiger partial charge in [-0.05, 0) is 31.4 Å². The molecule has 2 heterocycles. The second kappa shape index (κ2) is 8.35. The molecular weight excluding hydrogens is 372 g/mol. The quantitative estimate of drug-likeness (QED) is 0.779. The highest BCUT2D eigenvalue weighted by molar-refractivity contribution is 7.89. The highest BCUT2D eigenvalue weighted by Crippen LogP contribution is 2.40. The Hall–Kier alpha value is -2.00. The van der Waals surface area contributed by atoms with E-state index in [1.807, 2.05) is 6.92 Å². The number of hydrogen-bond donors (Lipinski definition) is 1. The van der Waals surface area contributed by atoms with Crippen LogP contribution >= 0.6 is 0 Å². The molecule has 1 fully saturated rings. The highest BCUT2D eigenvalue weighted by Gasteiger charge is 2.28. The Bertz CT molecular complexity index is 770. The van der Waals surface area contributed by atoms with Gasteiger partial charge in [-0.3, -0.25) is 4.79 Å². The lowest BCUT2D eigenvalue weighted by Crippen LogP contribution is -2.47. The van der Waals surface area contributed by atoms with Gasteiger partial charge in [0.25, 0.3) is 5.91 Å². The highest BCUT2D eigenvalue weighted by atomic mass is 32.2. The van der Waals surface area contributed by atoms with Crippen LogP contribution in [-0.2, 0) is 10.0 Å². The van der Waals surface area contributed by atoms with Gasteiger partial charge >= 0.3 is 0 Å². The lowest BCUT2D eigenvalue weighted by Gasteiger charge is -2.32. The summed E-state index contributed by atoms with van der Waals surface area (Å²) in [4.78, 5) is 14.6. The number of hydrogen-bond acceptors (Lipinski definition) is 6. The van der Waals surface area contributed by atoms with Crippen LogP contribution in [0.3, 0.4) is 0 Å². The number of fused-ring (bicyclic) bond motifs is 1. The zero-order chi connectivity index (χ0) is 19.4. The monoisotopic (exact) mass is 398 g/mol. The van der Waals surface area contributed by atoms with E-state index < -0.39 is 10.0 Å². The normalized spacial score (nSPS) is 17.6. The van der Waals surface area contributed by atoms with Gasteiger partial charge in [0.1, 0.15) is 13.2 Å². The third-order valence-corrected chi connectivity index (χ3v) is 6.31. The molecule has 0 unspecified atom stereocenters. The number of carbonyl (C=O) groups excluding carboxylic acids is 1. The van der Waals surface area contributed by atoms with Crippen LogP contribution < -0.4 is 18.9 Å². The van der Waals surface area contributed by atoms with Gasteiger partial charge in [0.05, 0.1) is 12.9 Å². The number of benzene rings is 1. The molecule has 2 aliphatic heterocycles. The maximum absolute atomic E-state index is 12.9. The second-order valence-corrected chi connectivity index (χ2v) is 8.58. The fourth-order valence-electron chi connectivity index (χ4n) is 3.36. The molecule has 0 radical (unpaired) electrons. The summed E-state index contributed by atoms with van der Waals surface area (Å²) < 4.78 is 43.0. The van der Waals surface area contributed by atoms with Crippen molar-refractivity contribution in [3.8, 4) is 17.2 Å². The van der Waals surface area contributed by atoms with Crippen LogP contribution in [-0.4, -0.2) is 64.4 Å². The average Bonchev–Trinajstić information content (AvgIpc) is 2.66. The Morgan fingerprint density at radius 1 is 1.26 bits per heavy atom. The van der Waals surface area contributed by atoms with Crippen molar-refractivity contribution < 1.29 is 27.4 Å². The lowest BCUT2D eigenvalue weighted by molar-refractivity contribution is 0.0709. The third-order valence-electron chi connectivity index (χ3n) is 4.68. The molecule has 0 aromatic heterocycles. The van der Waals surface area contributed by atoms with E-state index in [0.717, 1.165) is 0 Å². The summed E-state index contributed by atoms with van der Waals surface area (Å²) in [6.45, 7) is 3.70. The minimum Gasteiger partial charge on any atom is -0.493 e. The first-order valence-electron chi connectivity index (χ1n) is 9.20. The van der Waals surface area contributed by atoms with Crippen molar-refractivity contribution in [3.05, 3.63) is 17.7 Å². The molecule has 0 bridgehead atoms. The molecule has 150 valence electrons. The van der Waals surface area contributed by atoms with Crippen molar-refractivity contribution in [2.24, 2.45) is 0 Å². The van der Waals surface area contributed by atoms with E-state index in [2.05, 4.69) is 4.72 Å². The number of sulfonamides is 1. The van der Waals surface area contributed by atoms with Crippen LogP contribution in [0.2, 0.25) is 0 Å². The van der Waals surface area contributed by atoms with Gasteiger partial charge in [-0.15, -0.1) is 0 Å². The van der Waals surface area contributed by atoms with Crippen LogP contribution in [0.4, 0.5) is 0 Å². The summed E-state index contributed by atoms with van der Waals surface area (Å²) in [5.74, 6) is 1.50. The Labute approximate surface area is 159 Å². The molecule has 27 heavy (non-hydrogen) atoms. The van der Waals surface area contributed by atoms with E-state index in [-0.39, 0.29) is 17.7 Å². The van der Waals surface area contributed by atoms with E-state index in [1.165, 1.54) is 7.11 Å². The number of carbonyl (C=O) groups is 1. The predicted molar refractivity (Wildman–Crippen MR) is 100 cm³/mol. The van der Waals surface area contributed by atoms with Crippen LogP contribution in [0.5, 0.6) is 17.2 Å². The number of likely N-dealkylation sites (tertiary alicyclic amines) is 1. The standard InChI is InChI=1S/C18H26N2O6S/c1-3-10-27(22,23)19-14-4-6-20(7-5-14)18(21)13-11-15(24-2)17-16(12-13)25-8-9-26-17/h11-12,14,19H,3-10H2,1-2H3. The Morgan fingerprint density at radius 3 is 2.63 bits per heavy atom. The first kappa shape index (κ1) is 19.8. The summed E-state index contributed by atoms with van der Waals surface area (Å²) in [6.07, 6.45) is 1.77. The first-order chi connectivity index (χ1) is 12.9. The predicted octanol–water partition coefficient (Wildman–Crippen LogP) is 1.40. The minimum atomic E-state index is -3.24. The molecule has 2 aliphatic rings. The summed E-state index contributed by atoms with van der Waals surface area (Å²) in [5.41, 5.74) is 0.473. The zero-order valence-electron chi connectivity index (χ0n) is 15.7. The number of methoxy groups -OCH3 is 1. The van der Waals surface area contributed by atoms with Crippen LogP contribution in [0, 0.1) is 0 Å². The summed E-state index contributed by atoms with van der Waals surface area (Å²) in [5, 5.41) is 0. The van der Waals surface area contributed by atoms with Crippen molar-refractivity contribution in [1.82, 2.24) is 9.62 Å². The first-order valence-corrected chi connectivity index (χ1v) is 10.9. The van der Waals surface area contributed by atoms with E-state index in [1.54, 1.807) is 17.0 Å². The largest absolute Gasteiger partial charge is 0.493 e. The van der Waals surface area contributed by atoms with Gasteiger partial charge in [0.15, 0.2) is 11.5 Å². The molecule has 0 atom stereocenters. The SMILES string of the molecule is CCCS(=O)(=O)NC1CCN(C(=O)c2cc(OC)c3c(c2)OCCO3)CC1. The molecule has 0 saturated carbocycles. The van der Waals surface area contributed by atoms with Crippen molar-refractivity contribution in [2.45, 2.75) is 32.2 Å². The lowest BCUT2D eigenvalue weighted by atomic mass is 10.0. The van der Waals surface area contributed by atoms with Crippen molar-refractivity contribution >= 4 is 15.9 Å². The molecule has 1 aromatic carbocycles. The number of nitrogens with one attached hydrogen (secondary N) is 1. The second-order valence-electron chi connectivity index (χ2n) is 6.71. The van der Waals surface area contributed by atoms with E-state index in [4.69, 9.17) is 14.2 Å². The number of piperidine rings is 1. The average molecular weight is 398 g/mol. The molecule has 0 spiro atoms. The molecule has 1 saturated heterocycles. The molecule has 0 aliphatic carbocycles. The Kier molecular flexibility index (Phi) is 6.11. The molecule has 1 amide bonds. The molecule has 3 rings (SSSR count). The molecule has 9 heteroatoms. The van der Waals surface area contributed by atoms with Gasteiger partial charge in [-0.1, -0.05) is 6.92 Å². The Balaban J connectivity index is 1.66. The van der Waals surface area contributed by atoms with Crippen LogP contribution in [0.1, 0.15) is 36.5 Å². The fourth-order valence-corrected chi connectivity index (χ4v) is 4.76. The van der Waals surface area contributed by atoms with Crippen LogP contribution in [0.15, 0.2) is 12.1 Å². The van der Waals surface area contributed by atoms with E-state index in [9.17, 15) is 13.2 Å². The Morgan fingerprint density at radius 2 is 1.96 bits per heavy atom. The van der Waals surface area contributed by atoms with Gasteiger partial charge in [-0.25, -0.2) is 13.1 Å². The van der Waals surface area contributed by atoms with Gasteiger partial charge in [0, 0.05) is 24.7 Å². The third kappa shape index (κ3) is 4.65. The van der Waals surface area contributed by atoms with E-state index >= 15 is 0 Å². The zero-order valence-corrected chi connectivity index (χ0v) is 16.5. The smallest absolute Gasteiger partial charge is 0.254 e. The van der Waals surface area contributed by atoms with Crippen molar-refractivity contribution in [2.75, 3.05) is 39.2 Å². The molecule has 1 aromatic rings. The van der Waals surface area contributed by atoms with E-state index in [0.29, 0.717) is 68.4 Å². The van der Waals surface area contributed by atoms with Gasteiger partial charge in [-0.2, -0.15) is 0 Å². The van der Waals surface area contributed by atoms with Crippen molar-refractivity contribution in [3.63, 3.8) is 0 Å².